The number of phosphoric acid groups is 1. The molecule has 0 atom stereocenters. The molecule has 0 bridgehead atoms. The van der Waals surface area contributed by atoms with Crippen LogP contribution in [0, 0.1) is 0 Å². The predicted octanol–water partition coefficient (Wildman–Crippen LogP) is 5.95. The molecule has 0 aliphatic carbocycles. The topological polar surface area (TPSA) is 58.6 Å². The average molecular weight is 384 g/mol. The van der Waals surface area contributed by atoms with E-state index in [9.17, 15) is 9.46 Å². The van der Waals surface area contributed by atoms with Crippen molar-refractivity contribution in [3.63, 3.8) is 0 Å². The Morgan fingerprint density at radius 3 is 1.08 bits per heavy atom. The van der Waals surface area contributed by atoms with E-state index in [-0.39, 0.29) is 0 Å². The van der Waals surface area contributed by atoms with Gasteiger partial charge >= 0.3 is 0 Å². The van der Waals surface area contributed by atoms with Crippen LogP contribution in [-0.4, -0.2) is 38.9 Å². The monoisotopic (exact) mass is 384 g/mol. The number of rotatable bonds is 14. The van der Waals surface area contributed by atoms with E-state index in [2.05, 4.69) is 36.7 Å². The second-order valence-electron chi connectivity index (χ2n) is 6.46. The van der Waals surface area contributed by atoms with Crippen molar-refractivity contribution in [2.45, 2.75) is 79.1 Å². The van der Waals surface area contributed by atoms with Gasteiger partial charge in [0, 0.05) is 21.5 Å². The number of hydrogen-bond acceptors (Lipinski definition) is 4. The molecule has 0 aromatic carbocycles. The summed E-state index contributed by atoms with van der Waals surface area (Å²) in [4.78, 5) is 9.95. The molecule has 0 N–H and O–H groups in total. The number of hydrogen-bond donors (Lipinski definition) is 0. The first kappa shape index (κ1) is 26.8. The molecule has 0 aromatic rings. The number of phosphoric ester groups is 1. The van der Waals surface area contributed by atoms with Crippen LogP contribution in [-0.2, 0) is 13.6 Å². The van der Waals surface area contributed by atoms with Gasteiger partial charge in [0.2, 0.25) is 0 Å². The quantitative estimate of drug-likeness (QED) is 0.347. The Balaban J connectivity index is 0. The molecule has 0 saturated carbocycles. The van der Waals surface area contributed by atoms with Crippen LogP contribution in [0.25, 0.3) is 0 Å². The maximum absolute atomic E-state index is 9.95. The first-order valence-corrected chi connectivity index (χ1v) is 13.6. The van der Waals surface area contributed by atoms with Gasteiger partial charge in [0.15, 0.2) is 0 Å². The van der Waals surface area contributed by atoms with Gasteiger partial charge in [0.05, 0.1) is 24.6 Å². The summed E-state index contributed by atoms with van der Waals surface area (Å²) in [5, 5.41) is 0. The summed E-state index contributed by atoms with van der Waals surface area (Å²) < 4.78 is 17.7. The van der Waals surface area contributed by atoms with Gasteiger partial charge in [-0.15, -0.1) is 0 Å². The van der Waals surface area contributed by atoms with Crippen molar-refractivity contribution in [2.75, 3.05) is 38.9 Å². The highest BCUT2D eigenvalue weighted by atomic mass is 31.2. The summed E-state index contributed by atoms with van der Waals surface area (Å²) in [5.41, 5.74) is 0. The summed E-state index contributed by atoms with van der Waals surface area (Å²) in [6.45, 7) is 9.42. The second-order valence-corrected chi connectivity index (χ2v) is 12.6. The molecule has 0 spiro atoms. The van der Waals surface area contributed by atoms with E-state index >= 15 is 0 Å². The summed E-state index contributed by atoms with van der Waals surface area (Å²) in [6, 6.07) is 0. The van der Waals surface area contributed by atoms with E-state index in [1.54, 1.807) is 24.6 Å². The van der Waals surface area contributed by atoms with Crippen molar-refractivity contribution in [2.24, 2.45) is 0 Å². The number of unbranched alkanes of at least 4 members (excludes halogenated alkanes) is 4. The standard InChI is InChI=1S/C16H36P.C2H7O4P/c1-5-9-13-17(14-10-6-2,15-11-7-3)16-12-8-4;1-5-7(3,4)6-2/h5-16H2,1-4H3;1-2H3,(H,3,4)/q+1;/p-1. The lowest BCUT2D eigenvalue weighted by atomic mass is 10.4. The zero-order valence-corrected chi connectivity index (χ0v) is 18.8. The summed E-state index contributed by atoms with van der Waals surface area (Å²) >= 11 is 0. The Kier molecular flexibility index (Phi) is 18.9. The maximum Gasteiger partial charge on any atom is 0.267 e. The molecule has 0 aliphatic rings. The van der Waals surface area contributed by atoms with Crippen LogP contribution in [0.1, 0.15) is 79.1 Å². The van der Waals surface area contributed by atoms with E-state index in [1.807, 2.05) is 0 Å². The van der Waals surface area contributed by atoms with E-state index in [0.29, 0.717) is 0 Å². The van der Waals surface area contributed by atoms with Crippen LogP contribution in [0.5, 0.6) is 0 Å². The van der Waals surface area contributed by atoms with E-state index in [0.717, 1.165) is 14.2 Å². The lowest BCUT2D eigenvalue weighted by molar-refractivity contribution is -0.220. The fourth-order valence-electron chi connectivity index (χ4n) is 2.72. The highest BCUT2D eigenvalue weighted by Gasteiger charge is 2.34. The average Bonchev–Trinajstić information content (AvgIpc) is 2.61. The SMILES string of the molecule is CCCC[P+](CCCC)(CCCC)CCCC.COP(=O)([O-])OC. The van der Waals surface area contributed by atoms with Crippen molar-refractivity contribution in [3.8, 4) is 0 Å². The van der Waals surface area contributed by atoms with Crippen LogP contribution in [0.2, 0.25) is 0 Å². The lowest BCUT2D eigenvalue weighted by Crippen LogP contribution is -2.12. The molecule has 0 amide bonds. The van der Waals surface area contributed by atoms with E-state index in [4.69, 9.17) is 0 Å². The molecule has 6 heteroatoms. The van der Waals surface area contributed by atoms with Crippen LogP contribution in [0.4, 0.5) is 0 Å². The third-order valence-electron chi connectivity index (χ3n) is 4.39. The van der Waals surface area contributed by atoms with Gasteiger partial charge in [-0.3, -0.25) is 4.57 Å². The zero-order valence-electron chi connectivity index (χ0n) is 17.0. The van der Waals surface area contributed by atoms with Crippen molar-refractivity contribution in [3.05, 3.63) is 0 Å². The molecule has 0 fully saturated rings. The first-order valence-electron chi connectivity index (χ1n) is 9.64. The summed E-state index contributed by atoms with van der Waals surface area (Å²) in [7, 11) is -2.39. The van der Waals surface area contributed by atoms with Crippen LogP contribution in [0.15, 0.2) is 0 Å². The molecule has 0 aliphatic heterocycles. The molecule has 0 heterocycles. The van der Waals surface area contributed by atoms with Gasteiger partial charge in [0.25, 0.3) is 7.82 Å². The minimum absolute atomic E-state index is 0.562. The second kappa shape index (κ2) is 17.0. The molecule has 0 rings (SSSR count). The Hall–Kier alpha value is 0.540. The first-order chi connectivity index (χ1) is 11.4. The van der Waals surface area contributed by atoms with Gasteiger partial charge in [-0.1, -0.05) is 53.4 Å². The van der Waals surface area contributed by atoms with Gasteiger partial charge in [-0.2, -0.15) is 0 Å². The van der Waals surface area contributed by atoms with Crippen molar-refractivity contribution in [1.82, 2.24) is 0 Å². The normalized spacial score (nSPS) is 12.0. The fraction of sp³-hybridized carbons (Fsp3) is 1.00. The predicted molar refractivity (Wildman–Crippen MR) is 108 cm³/mol. The lowest BCUT2D eigenvalue weighted by Gasteiger charge is -2.28. The molecular formula is C18H42O4P2. The maximum atomic E-state index is 9.95. The minimum Gasteiger partial charge on any atom is -0.756 e. The van der Waals surface area contributed by atoms with Crippen molar-refractivity contribution < 1.29 is 18.5 Å². The van der Waals surface area contributed by atoms with Gasteiger partial charge < -0.3 is 13.9 Å². The highest BCUT2D eigenvalue weighted by molar-refractivity contribution is 7.75. The molecule has 4 nitrogen and oxygen atoms in total. The zero-order chi connectivity index (χ0) is 18.9. The Labute approximate surface area is 152 Å². The Bertz CT molecular complexity index is 266. The Morgan fingerprint density at radius 2 is 0.958 bits per heavy atom. The molecule has 0 saturated heterocycles. The van der Waals surface area contributed by atoms with E-state index in [1.165, 1.54) is 51.4 Å². The third-order valence-corrected chi connectivity index (χ3v) is 10.3. The summed E-state index contributed by atoms with van der Waals surface area (Å²) in [5.74, 6) is 0. The van der Waals surface area contributed by atoms with E-state index < -0.39 is 15.1 Å². The molecule has 0 aromatic heterocycles. The van der Waals surface area contributed by atoms with Crippen molar-refractivity contribution in [1.29, 1.82) is 0 Å². The highest BCUT2D eigenvalue weighted by Crippen LogP contribution is 2.61. The fourth-order valence-corrected chi connectivity index (χ4v) is 8.16. The molecule has 24 heavy (non-hydrogen) atoms. The third kappa shape index (κ3) is 14.8. The smallest absolute Gasteiger partial charge is 0.267 e. The van der Waals surface area contributed by atoms with Crippen LogP contribution < -0.4 is 4.89 Å². The molecular weight excluding hydrogens is 342 g/mol. The van der Waals surface area contributed by atoms with Gasteiger partial charge in [-0.25, -0.2) is 0 Å². The summed E-state index contributed by atoms with van der Waals surface area (Å²) in [6.07, 6.45) is 17.9. The van der Waals surface area contributed by atoms with Crippen molar-refractivity contribution >= 4 is 15.1 Å². The minimum atomic E-state index is -3.90. The van der Waals surface area contributed by atoms with Crippen LogP contribution >= 0.6 is 15.1 Å². The largest absolute Gasteiger partial charge is 0.756 e. The molecule has 0 radical (unpaired) electrons. The van der Waals surface area contributed by atoms with Gasteiger partial charge in [-0.05, 0) is 25.7 Å². The van der Waals surface area contributed by atoms with Crippen LogP contribution in [0.3, 0.4) is 0 Å². The molecule has 0 unspecified atom stereocenters. The van der Waals surface area contributed by atoms with Gasteiger partial charge in [0.1, 0.15) is 0 Å². The molecule has 148 valence electrons. The Morgan fingerprint density at radius 1 is 0.708 bits per heavy atom.